The van der Waals surface area contributed by atoms with E-state index >= 15 is 0 Å². The van der Waals surface area contributed by atoms with Gasteiger partial charge in [-0.05, 0) is 37.3 Å². The van der Waals surface area contributed by atoms with Crippen LogP contribution in [0.3, 0.4) is 0 Å². The third kappa shape index (κ3) is 4.23. The van der Waals surface area contributed by atoms with Gasteiger partial charge in [0, 0.05) is 17.2 Å². The van der Waals surface area contributed by atoms with Gasteiger partial charge in [-0.3, -0.25) is 4.98 Å². The molecule has 0 aliphatic carbocycles. The molecule has 1 aromatic rings. The van der Waals surface area contributed by atoms with E-state index < -0.39 is 0 Å². The highest BCUT2D eigenvalue weighted by molar-refractivity contribution is 9.09. The monoisotopic (exact) mass is 255 g/mol. The minimum absolute atomic E-state index is 0.660. The number of hydrogen-bond donors (Lipinski definition) is 0. The molecule has 1 unspecified atom stereocenters. The molecule has 0 aliphatic rings. The Labute approximate surface area is 95.1 Å². The second kappa shape index (κ2) is 6.18. The minimum Gasteiger partial charge on any atom is -0.264 e. The Morgan fingerprint density at radius 2 is 2.14 bits per heavy atom. The van der Waals surface area contributed by atoms with Gasteiger partial charge < -0.3 is 0 Å². The van der Waals surface area contributed by atoms with Gasteiger partial charge in [0.1, 0.15) is 0 Å². The lowest BCUT2D eigenvalue weighted by molar-refractivity contribution is 0.692. The summed E-state index contributed by atoms with van der Waals surface area (Å²) >= 11 is 3.69. The first-order valence-corrected chi connectivity index (χ1v) is 6.18. The lowest BCUT2D eigenvalue weighted by Crippen LogP contribution is -1.99. The van der Waals surface area contributed by atoms with Crippen LogP contribution in [-0.4, -0.2) is 9.81 Å². The van der Waals surface area contributed by atoms with Crippen LogP contribution in [0.1, 0.15) is 37.3 Å². The van der Waals surface area contributed by atoms with Crippen molar-refractivity contribution in [2.24, 2.45) is 0 Å². The molecule has 1 rings (SSSR count). The summed E-state index contributed by atoms with van der Waals surface area (Å²) in [5.74, 6) is 0. The highest BCUT2D eigenvalue weighted by Gasteiger charge is 2.03. The summed E-state index contributed by atoms with van der Waals surface area (Å²) in [6.45, 7) is 4.32. The van der Waals surface area contributed by atoms with Crippen LogP contribution in [0.5, 0.6) is 0 Å². The molecule has 0 bridgehead atoms. The van der Waals surface area contributed by atoms with E-state index in [-0.39, 0.29) is 0 Å². The molecule has 1 nitrogen and oxygen atoms in total. The second-order valence-electron chi connectivity index (χ2n) is 3.80. The van der Waals surface area contributed by atoms with Crippen LogP contribution in [0.4, 0.5) is 0 Å². The normalized spacial score (nSPS) is 12.8. The maximum Gasteiger partial charge on any atom is 0.0300 e. The lowest BCUT2D eigenvalue weighted by Gasteiger charge is -2.07. The first-order valence-electron chi connectivity index (χ1n) is 5.27. The molecule has 0 radical (unpaired) electrons. The summed E-state index contributed by atoms with van der Waals surface area (Å²) in [5.41, 5.74) is 2.61. The molecule has 0 saturated heterocycles. The van der Waals surface area contributed by atoms with Crippen LogP contribution in [0.25, 0.3) is 0 Å². The highest BCUT2D eigenvalue weighted by atomic mass is 79.9. The number of rotatable bonds is 5. The van der Waals surface area contributed by atoms with Gasteiger partial charge in [0.05, 0.1) is 0 Å². The van der Waals surface area contributed by atoms with Crippen molar-refractivity contribution in [3.8, 4) is 0 Å². The van der Waals surface area contributed by atoms with Crippen LogP contribution >= 0.6 is 15.9 Å². The maximum atomic E-state index is 4.19. The van der Waals surface area contributed by atoms with Crippen molar-refractivity contribution >= 4 is 15.9 Å². The molecular formula is C12H18BrN. The van der Waals surface area contributed by atoms with Crippen LogP contribution in [0.2, 0.25) is 0 Å². The largest absolute Gasteiger partial charge is 0.264 e. The summed E-state index contributed by atoms with van der Waals surface area (Å²) in [6, 6.07) is 2.22. The number of pyridine rings is 1. The molecule has 1 heterocycles. The predicted molar refractivity (Wildman–Crippen MR) is 64.9 cm³/mol. The van der Waals surface area contributed by atoms with Crippen molar-refractivity contribution in [1.82, 2.24) is 4.98 Å². The van der Waals surface area contributed by atoms with Crippen LogP contribution in [0, 0.1) is 6.92 Å². The summed E-state index contributed by atoms with van der Waals surface area (Å²) < 4.78 is 0. The Kier molecular flexibility index (Phi) is 5.16. The van der Waals surface area contributed by atoms with E-state index in [1.54, 1.807) is 0 Å². The molecule has 1 aromatic heterocycles. The Morgan fingerprint density at radius 3 is 2.79 bits per heavy atom. The predicted octanol–water partition coefficient (Wildman–Crippen LogP) is 3.89. The Balaban J connectivity index is 2.37. The molecule has 14 heavy (non-hydrogen) atoms. The fourth-order valence-electron chi connectivity index (χ4n) is 1.54. The second-order valence-corrected chi connectivity index (χ2v) is 5.09. The smallest absolute Gasteiger partial charge is 0.0300 e. The van der Waals surface area contributed by atoms with Gasteiger partial charge in [-0.1, -0.05) is 35.3 Å². The quantitative estimate of drug-likeness (QED) is 0.728. The van der Waals surface area contributed by atoms with E-state index in [4.69, 9.17) is 0 Å². The fourth-order valence-corrected chi connectivity index (χ4v) is 2.22. The van der Waals surface area contributed by atoms with Gasteiger partial charge in [-0.2, -0.15) is 0 Å². The van der Waals surface area contributed by atoms with Crippen molar-refractivity contribution in [1.29, 1.82) is 0 Å². The Hall–Kier alpha value is -0.370. The number of aromatic nitrogens is 1. The zero-order valence-electron chi connectivity index (χ0n) is 8.96. The molecule has 0 saturated carbocycles. The molecule has 0 aromatic carbocycles. The van der Waals surface area contributed by atoms with E-state index in [0.29, 0.717) is 4.83 Å². The van der Waals surface area contributed by atoms with E-state index in [2.05, 4.69) is 40.8 Å². The molecule has 0 N–H and O–H groups in total. The van der Waals surface area contributed by atoms with E-state index in [1.807, 2.05) is 12.4 Å². The third-order valence-corrected chi connectivity index (χ3v) is 3.20. The number of alkyl halides is 1. The van der Waals surface area contributed by atoms with Crippen molar-refractivity contribution in [2.45, 2.75) is 44.4 Å². The summed E-state index contributed by atoms with van der Waals surface area (Å²) in [7, 11) is 0. The number of aryl methyl sites for hydroxylation is 2. The maximum absolute atomic E-state index is 4.19. The molecule has 0 spiro atoms. The average Bonchev–Trinajstić information content (AvgIpc) is 2.15. The number of hydrogen-bond acceptors (Lipinski definition) is 1. The minimum atomic E-state index is 0.660. The van der Waals surface area contributed by atoms with E-state index in [1.165, 1.54) is 30.4 Å². The van der Waals surface area contributed by atoms with Gasteiger partial charge in [-0.15, -0.1) is 0 Å². The first-order chi connectivity index (χ1) is 6.72. The van der Waals surface area contributed by atoms with Gasteiger partial charge in [0.2, 0.25) is 0 Å². The molecule has 0 fully saturated rings. The topological polar surface area (TPSA) is 12.9 Å². The first kappa shape index (κ1) is 11.7. The molecule has 1 atom stereocenters. The van der Waals surface area contributed by atoms with Gasteiger partial charge in [0.15, 0.2) is 0 Å². The van der Waals surface area contributed by atoms with Crippen LogP contribution in [-0.2, 0) is 6.42 Å². The number of halogens is 1. The van der Waals surface area contributed by atoms with Crippen molar-refractivity contribution in [3.05, 3.63) is 29.6 Å². The molecule has 0 amide bonds. The highest BCUT2D eigenvalue weighted by Crippen LogP contribution is 2.15. The Morgan fingerprint density at radius 1 is 1.36 bits per heavy atom. The fraction of sp³-hybridized carbons (Fsp3) is 0.583. The van der Waals surface area contributed by atoms with Crippen molar-refractivity contribution in [2.75, 3.05) is 0 Å². The summed E-state index contributed by atoms with van der Waals surface area (Å²) in [4.78, 5) is 4.85. The summed E-state index contributed by atoms with van der Waals surface area (Å²) in [6.07, 6.45) is 8.73. The average molecular weight is 256 g/mol. The third-order valence-electron chi connectivity index (χ3n) is 2.28. The molecule has 78 valence electrons. The lowest BCUT2D eigenvalue weighted by atomic mass is 10.1. The van der Waals surface area contributed by atoms with E-state index in [0.717, 1.165) is 6.42 Å². The van der Waals surface area contributed by atoms with Crippen molar-refractivity contribution < 1.29 is 0 Å². The van der Waals surface area contributed by atoms with Gasteiger partial charge >= 0.3 is 0 Å². The SMILES string of the molecule is CCCC(Br)CCc1cncc(C)c1. The molecule has 2 heteroatoms. The van der Waals surface area contributed by atoms with Gasteiger partial charge in [0.25, 0.3) is 0 Å². The standard InChI is InChI=1S/C12H18BrN/c1-3-4-12(13)6-5-11-7-10(2)8-14-9-11/h7-9,12H,3-6H2,1-2H3. The Bertz CT molecular complexity index is 273. The number of nitrogens with zero attached hydrogens (tertiary/aromatic N) is 1. The molecular weight excluding hydrogens is 238 g/mol. The zero-order chi connectivity index (χ0) is 10.4. The van der Waals surface area contributed by atoms with E-state index in [9.17, 15) is 0 Å². The zero-order valence-corrected chi connectivity index (χ0v) is 10.5. The van der Waals surface area contributed by atoms with Crippen molar-refractivity contribution in [3.63, 3.8) is 0 Å². The van der Waals surface area contributed by atoms with Crippen LogP contribution < -0.4 is 0 Å². The van der Waals surface area contributed by atoms with Crippen LogP contribution in [0.15, 0.2) is 18.5 Å². The summed E-state index contributed by atoms with van der Waals surface area (Å²) in [5, 5.41) is 0. The van der Waals surface area contributed by atoms with Gasteiger partial charge in [-0.25, -0.2) is 0 Å². The molecule has 0 aliphatic heterocycles.